The number of para-hydroxylation sites is 1. The number of hydrogen-bond donors (Lipinski definition) is 0. The Morgan fingerprint density at radius 3 is 2.35 bits per heavy atom. The lowest BCUT2D eigenvalue weighted by atomic mass is 10.1. The number of nitrogens with zero attached hydrogens (tertiary/aromatic N) is 4. The van der Waals surface area contributed by atoms with E-state index in [-0.39, 0.29) is 18.0 Å². The van der Waals surface area contributed by atoms with Crippen molar-refractivity contribution in [3.8, 4) is 17.0 Å². The van der Waals surface area contributed by atoms with Crippen molar-refractivity contribution < 1.29 is 9.53 Å². The van der Waals surface area contributed by atoms with Crippen LogP contribution in [0.1, 0.15) is 6.92 Å². The van der Waals surface area contributed by atoms with Crippen LogP contribution in [0, 0.1) is 0 Å². The Labute approximate surface area is 181 Å². The molecule has 0 N–H and O–H groups in total. The number of rotatable bonds is 6. The molecule has 7 heteroatoms. The first-order valence-corrected chi connectivity index (χ1v) is 10.5. The molecule has 0 aliphatic carbocycles. The number of benzene rings is 2. The Morgan fingerprint density at radius 1 is 1.00 bits per heavy atom. The molecule has 1 aliphatic rings. The lowest BCUT2D eigenvalue weighted by molar-refractivity contribution is -0.132. The second-order valence-electron chi connectivity index (χ2n) is 7.40. The van der Waals surface area contributed by atoms with Crippen LogP contribution in [-0.2, 0) is 11.3 Å². The summed E-state index contributed by atoms with van der Waals surface area (Å²) in [6, 6.07) is 19.1. The summed E-state index contributed by atoms with van der Waals surface area (Å²) in [5, 5.41) is 0. The van der Waals surface area contributed by atoms with Gasteiger partial charge in [-0.15, -0.1) is 0 Å². The quantitative estimate of drug-likeness (QED) is 0.616. The van der Waals surface area contributed by atoms with Crippen molar-refractivity contribution in [2.75, 3.05) is 37.7 Å². The maximum absolute atomic E-state index is 12.7. The molecule has 3 aromatic rings. The van der Waals surface area contributed by atoms with E-state index in [1.807, 2.05) is 54.3 Å². The normalized spacial score (nSPS) is 13.8. The molecular formula is C24H26N4O3. The highest BCUT2D eigenvalue weighted by Gasteiger charge is 2.21. The number of aromatic nitrogens is 2. The molecule has 2 heterocycles. The number of carbonyl (C=O) groups is 1. The molecule has 0 saturated carbocycles. The van der Waals surface area contributed by atoms with Gasteiger partial charge in [0.2, 0.25) is 5.91 Å². The van der Waals surface area contributed by atoms with E-state index >= 15 is 0 Å². The van der Waals surface area contributed by atoms with E-state index < -0.39 is 0 Å². The minimum Gasteiger partial charge on any atom is -0.494 e. The van der Waals surface area contributed by atoms with Crippen molar-refractivity contribution in [2.45, 2.75) is 13.5 Å². The maximum Gasteiger partial charge on any atom is 0.254 e. The number of carbonyl (C=O) groups excluding carboxylic acids is 1. The molecule has 160 valence electrons. The number of hydrogen-bond acceptors (Lipinski definition) is 5. The summed E-state index contributed by atoms with van der Waals surface area (Å²) in [5.41, 5.74) is 2.33. The van der Waals surface area contributed by atoms with Crippen molar-refractivity contribution in [3.05, 3.63) is 77.3 Å². The van der Waals surface area contributed by atoms with E-state index in [4.69, 9.17) is 4.74 Å². The second-order valence-corrected chi connectivity index (χ2v) is 7.40. The van der Waals surface area contributed by atoms with Crippen molar-refractivity contribution >= 4 is 11.6 Å². The molecule has 1 aromatic heterocycles. The molecule has 0 radical (unpaired) electrons. The number of piperazine rings is 1. The molecule has 0 unspecified atom stereocenters. The molecule has 0 spiro atoms. The Hall–Kier alpha value is -3.61. The van der Waals surface area contributed by atoms with Gasteiger partial charge in [0.1, 0.15) is 12.3 Å². The SMILES string of the molecule is CCOc1ccc(-c2cc(=O)n(CC(=O)N3CCN(c4ccccc4)CC3)cn2)cc1. The first kappa shape index (κ1) is 20.7. The van der Waals surface area contributed by atoms with Gasteiger partial charge in [-0.25, -0.2) is 4.98 Å². The molecule has 1 fully saturated rings. The summed E-state index contributed by atoms with van der Waals surface area (Å²) in [6.07, 6.45) is 1.45. The molecule has 7 nitrogen and oxygen atoms in total. The van der Waals surface area contributed by atoms with Gasteiger partial charge in [0, 0.05) is 43.5 Å². The fourth-order valence-corrected chi connectivity index (χ4v) is 3.69. The zero-order valence-corrected chi connectivity index (χ0v) is 17.6. The summed E-state index contributed by atoms with van der Waals surface area (Å²) >= 11 is 0. The van der Waals surface area contributed by atoms with E-state index in [1.165, 1.54) is 22.6 Å². The lowest BCUT2D eigenvalue weighted by Crippen LogP contribution is -2.50. The highest BCUT2D eigenvalue weighted by Crippen LogP contribution is 2.20. The summed E-state index contributed by atoms with van der Waals surface area (Å²) < 4.78 is 6.81. The van der Waals surface area contributed by atoms with Gasteiger partial charge in [0.25, 0.3) is 5.56 Å². The van der Waals surface area contributed by atoms with Crippen LogP contribution >= 0.6 is 0 Å². The molecule has 1 saturated heterocycles. The van der Waals surface area contributed by atoms with E-state index in [1.54, 1.807) is 0 Å². The summed E-state index contributed by atoms with van der Waals surface area (Å²) in [4.78, 5) is 33.7. The van der Waals surface area contributed by atoms with Gasteiger partial charge < -0.3 is 14.5 Å². The number of anilines is 1. The third-order valence-electron chi connectivity index (χ3n) is 5.40. The highest BCUT2D eigenvalue weighted by atomic mass is 16.5. The zero-order valence-electron chi connectivity index (χ0n) is 17.6. The van der Waals surface area contributed by atoms with Gasteiger partial charge in [-0.3, -0.25) is 14.2 Å². The van der Waals surface area contributed by atoms with E-state index in [9.17, 15) is 9.59 Å². The van der Waals surface area contributed by atoms with Crippen LogP contribution in [-0.4, -0.2) is 53.1 Å². The monoisotopic (exact) mass is 418 g/mol. The third kappa shape index (κ3) is 4.94. The van der Waals surface area contributed by atoms with Gasteiger partial charge in [-0.1, -0.05) is 18.2 Å². The van der Waals surface area contributed by atoms with Crippen LogP contribution in [0.2, 0.25) is 0 Å². The average molecular weight is 418 g/mol. The zero-order chi connectivity index (χ0) is 21.6. The van der Waals surface area contributed by atoms with Crippen LogP contribution in [0.3, 0.4) is 0 Å². The summed E-state index contributed by atoms with van der Waals surface area (Å²) in [7, 11) is 0. The second kappa shape index (κ2) is 9.47. The van der Waals surface area contributed by atoms with Crippen LogP contribution in [0.5, 0.6) is 5.75 Å². The van der Waals surface area contributed by atoms with Crippen molar-refractivity contribution in [1.82, 2.24) is 14.5 Å². The van der Waals surface area contributed by atoms with Gasteiger partial charge in [0.15, 0.2) is 0 Å². The summed E-state index contributed by atoms with van der Waals surface area (Å²) in [6.45, 7) is 5.36. The highest BCUT2D eigenvalue weighted by molar-refractivity contribution is 5.76. The van der Waals surface area contributed by atoms with E-state index in [0.29, 0.717) is 25.4 Å². The Bertz CT molecular complexity index is 1070. The average Bonchev–Trinajstić information content (AvgIpc) is 2.82. The first-order chi connectivity index (χ1) is 15.1. The molecule has 31 heavy (non-hydrogen) atoms. The van der Waals surface area contributed by atoms with Gasteiger partial charge in [-0.05, 0) is 43.3 Å². The standard InChI is InChI=1S/C24H26N4O3/c1-2-31-21-10-8-19(9-11-21)22-16-23(29)28(18-25-22)17-24(30)27-14-12-26(13-15-27)20-6-4-3-5-7-20/h3-11,16,18H,2,12-15,17H2,1H3. The van der Waals surface area contributed by atoms with Crippen LogP contribution in [0.25, 0.3) is 11.3 Å². The molecule has 1 aliphatic heterocycles. The van der Waals surface area contributed by atoms with Gasteiger partial charge in [-0.2, -0.15) is 0 Å². The third-order valence-corrected chi connectivity index (χ3v) is 5.40. The van der Waals surface area contributed by atoms with Crippen molar-refractivity contribution in [3.63, 3.8) is 0 Å². The Kier molecular flexibility index (Phi) is 6.31. The van der Waals surface area contributed by atoms with Crippen LogP contribution < -0.4 is 15.2 Å². The molecule has 1 amide bonds. The molecule has 2 aromatic carbocycles. The minimum absolute atomic E-state index is 0.000722. The molecular weight excluding hydrogens is 392 g/mol. The maximum atomic E-state index is 12.7. The van der Waals surface area contributed by atoms with E-state index in [0.717, 1.165) is 24.4 Å². The topological polar surface area (TPSA) is 67.7 Å². The Morgan fingerprint density at radius 2 is 1.71 bits per heavy atom. The van der Waals surface area contributed by atoms with E-state index in [2.05, 4.69) is 22.0 Å². The molecule has 0 atom stereocenters. The predicted molar refractivity (Wildman–Crippen MR) is 120 cm³/mol. The number of ether oxygens (including phenoxy) is 1. The molecule has 4 rings (SSSR count). The minimum atomic E-state index is -0.241. The smallest absolute Gasteiger partial charge is 0.254 e. The predicted octanol–water partition coefficient (Wildman–Crippen LogP) is 2.66. The first-order valence-electron chi connectivity index (χ1n) is 10.5. The van der Waals surface area contributed by atoms with Crippen molar-refractivity contribution in [2.24, 2.45) is 0 Å². The summed E-state index contributed by atoms with van der Waals surface area (Å²) in [5.74, 6) is 0.711. The Balaban J connectivity index is 1.37. The van der Waals surface area contributed by atoms with Gasteiger partial charge >= 0.3 is 0 Å². The number of amides is 1. The fourth-order valence-electron chi connectivity index (χ4n) is 3.69. The molecule has 0 bridgehead atoms. The largest absolute Gasteiger partial charge is 0.494 e. The van der Waals surface area contributed by atoms with Crippen LogP contribution in [0.15, 0.2) is 71.8 Å². The lowest BCUT2D eigenvalue weighted by Gasteiger charge is -2.36. The fraction of sp³-hybridized carbons (Fsp3) is 0.292. The van der Waals surface area contributed by atoms with Gasteiger partial charge in [0.05, 0.1) is 18.6 Å². The van der Waals surface area contributed by atoms with Crippen LogP contribution in [0.4, 0.5) is 5.69 Å². The van der Waals surface area contributed by atoms with Crippen molar-refractivity contribution in [1.29, 1.82) is 0 Å².